The molecule has 3 aromatic heterocycles. The molecule has 0 radical (unpaired) electrons. The van der Waals surface area contributed by atoms with Crippen LogP contribution in [-0.2, 0) is 6.54 Å². The van der Waals surface area contributed by atoms with E-state index < -0.39 is 0 Å². The quantitative estimate of drug-likeness (QED) is 0.596. The molecular weight excluding hydrogens is 326 g/mol. The third kappa shape index (κ3) is 3.07. The Hall–Kier alpha value is -2.93. The van der Waals surface area contributed by atoms with Crippen LogP contribution in [0.3, 0.4) is 0 Å². The third-order valence-corrected chi connectivity index (χ3v) is 3.63. The van der Waals surface area contributed by atoms with Gasteiger partial charge in [0.25, 0.3) is 0 Å². The van der Waals surface area contributed by atoms with E-state index in [0.717, 1.165) is 28.0 Å². The Morgan fingerprint density at radius 2 is 1.92 bits per heavy atom. The average Bonchev–Trinajstić information content (AvgIpc) is 3.24. The first-order valence-electron chi connectivity index (χ1n) is 7.26. The first-order valence-corrected chi connectivity index (χ1v) is 7.26. The number of H-pyrrole nitrogens is 2. The van der Waals surface area contributed by atoms with Gasteiger partial charge in [-0.2, -0.15) is 15.2 Å². The van der Waals surface area contributed by atoms with Gasteiger partial charge in [0.1, 0.15) is 0 Å². The maximum Gasteiger partial charge on any atom is 0.227 e. The smallest absolute Gasteiger partial charge is 0.227 e. The van der Waals surface area contributed by atoms with Gasteiger partial charge in [0.05, 0.1) is 29.5 Å². The van der Waals surface area contributed by atoms with Crippen LogP contribution in [0.4, 0.5) is 5.95 Å². The van der Waals surface area contributed by atoms with E-state index in [4.69, 9.17) is 0 Å². The molecule has 4 rings (SSSR count). The Morgan fingerprint density at radius 1 is 1.08 bits per heavy atom. The van der Waals surface area contributed by atoms with Crippen LogP contribution in [0.2, 0.25) is 0 Å². The Morgan fingerprint density at radius 3 is 2.75 bits per heavy atom. The SMILES string of the molecule is CN(Cc1cc(-c2ccccc2)n[nH]1)c1ncc2cn[nH]c2n1.Cl. The number of halogens is 1. The molecule has 122 valence electrons. The molecule has 24 heavy (non-hydrogen) atoms. The van der Waals surface area contributed by atoms with Gasteiger partial charge in [0, 0.05) is 18.8 Å². The zero-order valence-electron chi connectivity index (χ0n) is 13.0. The van der Waals surface area contributed by atoms with Gasteiger partial charge in [-0.25, -0.2) is 4.98 Å². The number of fused-ring (bicyclic) bond motifs is 1. The fourth-order valence-corrected chi connectivity index (χ4v) is 2.44. The molecule has 0 atom stereocenters. The normalized spacial score (nSPS) is 10.5. The highest BCUT2D eigenvalue weighted by Gasteiger charge is 2.10. The number of hydrogen-bond acceptors (Lipinski definition) is 5. The first kappa shape index (κ1) is 15.9. The van der Waals surface area contributed by atoms with Crippen molar-refractivity contribution >= 4 is 29.4 Å². The van der Waals surface area contributed by atoms with Crippen molar-refractivity contribution in [2.24, 2.45) is 0 Å². The minimum atomic E-state index is 0. The molecular formula is C16H16ClN7. The Bertz CT molecular complexity index is 932. The highest BCUT2D eigenvalue weighted by molar-refractivity contribution is 5.85. The van der Waals surface area contributed by atoms with Crippen LogP contribution in [0.5, 0.6) is 0 Å². The summed E-state index contributed by atoms with van der Waals surface area (Å²) in [5, 5.41) is 15.2. The highest BCUT2D eigenvalue weighted by Crippen LogP contribution is 2.18. The summed E-state index contributed by atoms with van der Waals surface area (Å²) in [5.74, 6) is 0.637. The zero-order valence-corrected chi connectivity index (χ0v) is 13.8. The standard InChI is InChI=1S/C16H15N7.ClH/c1-23(16-17-8-12-9-18-22-15(12)19-16)10-13-7-14(21-20-13)11-5-3-2-4-6-11;/h2-9H,10H2,1H3,(H,20,21)(H,17,18,19,22);1H. The minimum Gasteiger partial charge on any atom is -0.338 e. The number of nitrogens with zero attached hydrogens (tertiary/aromatic N) is 5. The predicted octanol–water partition coefficient (Wildman–Crippen LogP) is 2.80. The van der Waals surface area contributed by atoms with E-state index in [2.05, 4.69) is 30.4 Å². The molecule has 7 nitrogen and oxygen atoms in total. The van der Waals surface area contributed by atoms with Gasteiger partial charge in [-0.3, -0.25) is 10.2 Å². The van der Waals surface area contributed by atoms with Crippen LogP contribution in [0, 0.1) is 0 Å². The van der Waals surface area contributed by atoms with E-state index >= 15 is 0 Å². The van der Waals surface area contributed by atoms with Gasteiger partial charge in [-0.1, -0.05) is 30.3 Å². The molecule has 1 aromatic carbocycles. The number of rotatable bonds is 4. The number of hydrogen-bond donors (Lipinski definition) is 2. The molecule has 8 heteroatoms. The molecule has 0 fully saturated rings. The number of aromatic nitrogens is 6. The third-order valence-electron chi connectivity index (χ3n) is 3.63. The van der Waals surface area contributed by atoms with Gasteiger partial charge in [-0.15, -0.1) is 12.4 Å². The topological polar surface area (TPSA) is 86.4 Å². The Balaban J connectivity index is 0.00000169. The fraction of sp³-hybridized carbons (Fsp3) is 0.125. The summed E-state index contributed by atoms with van der Waals surface area (Å²) in [7, 11) is 1.95. The lowest BCUT2D eigenvalue weighted by Gasteiger charge is -2.15. The number of nitrogens with one attached hydrogen (secondary N) is 2. The monoisotopic (exact) mass is 341 g/mol. The second kappa shape index (κ2) is 6.67. The van der Waals surface area contributed by atoms with E-state index in [0.29, 0.717) is 12.5 Å². The lowest BCUT2D eigenvalue weighted by atomic mass is 10.1. The maximum absolute atomic E-state index is 4.46. The zero-order chi connectivity index (χ0) is 15.6. The Kier molecular flexibility index (Phi) is 4.43. The van der Waals surface area contributed by atoms with Gasteiger partial charge >= 0.3 is 0 Å². The first-order chi connectivity index (χ1) is 11.3. The summed E-state index contributed by atoms with van der Waals surface area (Å²) < 4.78 is 0. The number of anilines is 1. The summed E-state index contributed by atoms with van der Waals surface area (Å²) in [6, 6.07) is 12.1. The van der Waals surface area contributed by atoms with E-state index in [1.54, 1.807) is 12.4 Å². The van der Waals surface area contributed by atoms with Crippen molar-refractivity contribution in [1.82, 2.24) is 30.4 Å². The minimum absolute atomic E-state index is 0. The molecule has 0 saturated carbocycles. The van der Waals surface area contributed by atoms with Crippen molar-refractivity contribution in [1.29, 1.82) is 0 Å². The molecule has 4 aromatic rings. The lowest BCUT2D eigenvalue weighted by molar-refractivity contribution is 0.835. The molecule has 2 N–H and O–H groups in total. The summed E-state index contributed by atoms with van der Waals surface area (Å²) in [5.41, 5.74) is 3.75. The summed E-state index contributed by atoms with van der Waals surface area (Å²) in [6.45, 7) is 0.638. The molecule has 0 aliphatic rings. The maximum atomic E-state index is 4.46. The van der Waals surface area contributed by atoms with Crippen LogP contribution in [-0.4, -0.2) is 37.4 Å². The van der Waals surface area contributed by atoms with Crippen molar-refractivity contribution in [2.75, 3.05) is 11.9 Å². The fourth-order valence-electron chi connectivity index (χ4n) is 2.44. The second-order valence-electron chi connectivity index (χ2n) is 5.34. The van der Waals surface area contributed by atoms with E-state index in [1.807, 2.05) is 48.3 Å². The van der Waals surface area contributed by atoms with Crippen molar-refractivity contribution < 1.29 is 0 Å². The predicted molar refractivity (Wildman–Crippen MR) is 95.1 cm³/mol. The van der Waals surface area contributed by atoms with E-state index in [-0.39, 0.29) is 12.4 Å². The van der Waals surface area contributed by atoms with Crippen molar-refractivity contribution in [3.8, 4) is 11.3 Å². The second-order valence-corrected chi connectivity index (χ2v) is 5.34. The number of benzene rings is 1. The van der Waals surface area contributed by atoms with Gasteiger partial charge in [0.2, 0.25) is 5.95 Å². The summed E-state index contributed by atoms with van der Waals surface area (Å²) in [6.07, 6.45) is 3.47. The van der Waals surface area contributed by atoms with Gasteiger partial charge in [-0.05, 0) is 6.07 Å². The van der Waals surface area contributed by atoms with Crippen molar-refractivity contribution in [2.45, 2.75) is 6.54 Å². The van der Waals surface area contributed by atoms with Crippen LogP contribution >= 0.6 is 12.4 Å². The van der Waals surface area contributed by atoms with Crippen LogP contribution in [0.1, 0.15) is 5.69 Å². The van der Waals surface area contributed by atoms with Gasteiger partial charge in [0.15, 0.2) is 5.65 Å². The summed E-state index contributed by atoms with van der Waals surface area (Å²) in [4.78, 5) is 10.8. The van der Waals surface area contributed by atoms with E-state index in [9.17, 15) is 0 Å². The molecule has 0 bridgehead atoms. The van der Waals surface area contributed by atoms with Gasteiger partial charge < -0.3 is 4.90 Å². The van der Waals surface area contributed by atoms with Crippen molar-refractivity contribution in [3.63, 3.8) is 0 Å². The van der Waals surface area contributed by atoms with Crippen molar-refractivity contribution in [3.05, 3.63) is 54.5 Å². The molecule has 0 aliphatic heterocycles. The molecule has 3 heterocycles. The number of aromatic amines is 2. The summed E-state index contributed by atoms with van der Waals surface area (Å²) >= 11 is 0. The van der Waals surface area contributed by atoms with E-state index in [1.165, 1.54) is 0 Å². The highest BCUT2D eigenvalue weighted by atomic mass is 35.5. The molecule has 0 unspecified atom stereocenters. The largest absolute Gasteiger partial charge is 0.338 e. The van der Waals surface area contributed by atoms with Crippen LogP contribution < -0.4 is 4.90 Å². The lowest BCUT2D eigenvalue weighted by Crippen LogP contribution is -2.19. The van der Waals surface area contributed by atoms with Crippen LogP contribution in [0.15, 0.2) is 48.8 Å². The van der Waals surface area contributed by atoms with Crippen LogP contribution in [0.25, 0.3) is 22.3 Å². The molecule has 0 amide bonds. The Labute approximate surface area is 144 Å². The molecule has 0 aliphatic carbocycles. The molecule has 0 saturated heterocycles. The molecule has 0 spiro atoms. The average molecular weight is 342 g/mol.